The topological polar surface area (TPSA) is 92.5 Å². The first kappa shape index (κ1) is 29.4. The second-order valence-corrected chi connectivity index (χ2v) is 5.55. The molecule has 0 aromatic heterocycles. The standard InChI is InChI=1S/2C8H11NO.C3H8.2C2H6/c2*1-5-6(2)8(10)4-3-7(5)9;1-3-2;2*1-2/h2*3-4,10H,9H2,1-2H3;3H2,1-2H3;2*1-2H3. The molecule has 4 nitrogen and oxygen atoms in total. The van der Waals surface area contributed by atoms with Gasteiger partial charge in [0.15, 0.2) is 0 Å². The fourth-order valence-corrected chi connectivity index (χ4v) is 1.65. The van der Waals surface area contributed by atoms with Crippen molar-refractivity contribution in [2.75, 3.05) is 11.5 Å². The molecule has 0 bridgehead atoms. The Labute approximate surface area is 167 Å². The van der Waals surface area contributed by atoms with Crippen LogP contribution in [-0.4, -0.2) is 10.2 Å². The summed E-state index contributed by atoms with van der Waals surface area (Å²) in [4.78, 5) is 0. The molecule has 0 atom stereocenters. The lowest BCUT2D eigenvalue weighted by molar-refractivity contribution is 0.470. The molecule has 0 aliphatic heterocycles. The van der Waals surface area contributed by atoms with Crippen LogP contribution >= 0.6 is 0 Å². The van der Waals surface area contributed by atoms with Gasteiger partial charge < -0.3 is 21.7 Å². The summed E-state index contributed by atoms with van der Waals surface area (Å²) in [5, 5.41) is 18.3. The highest BCUT2D eigenvalue weighted by molar-refractivity contribution is 5.55. The summed E-state index contributed by atoms with van der Waals surface area (Å²) in [7, 11) is 0. The molecular formula is C23H42N2O2. The van der Waals surface area contributed by atoms with Gasteiger partial charge in [-0.3, -0.25) is 0 Å². The van der Waals surface area contributed by atoms with E-state index in [0.29, 0.717) is 11.5 Å². The van der Waals surface area contributed by atoms with Crippen molar-refractivity contribution in [2.24, 2.45) is 0 Å². The van der Waals surface area contributed by atoms with Gasteiger partial charge in [-0.2, -0.15) is 0 Å². The smallest absolute Gasteiger partial charge is 0.118 e. The zero-order valence-electron chi connectivity index (χ0n) is 19.1. The molecule has 156 valence electrons. The summed E-state index contributed by atoms with van der Waals surface area (Å²) in [6.07, 6.45) is 1.25. The molecule has 0 spiro atoms. The van der Waals surface area contributed by atoms with Gasteiger partial charge in [0.2, 0.25) is 0 Å². The lowest BCUT2D eigenvalue weighted by Gasteiger charge is -2.04. The third kappa shape index (κ3) is 11.1. The zero-order valence-corrected chi connectivity index (χ0v) is 19.1. The molecule has 0 saturated heterocycles. The highest BCUT2D eigenvalue weighted by atomic mass is 16.3. The van der Waals surface area contributed by atoms with Crippen molar-refractivity contribution in [3.05, 3.63) is 46.5 Å². The molecule has 0 unspecified atom stereocenters. The minimum absolute atomic E-state index is 0.312. The molecular weight excluding hydrogens is 336 g/mol. The normalized spacial score (nSPS) is 8.37. The van der Waals surface area contributed by atoms with Gasteiger partial charge in [0, 0.05) is 11.4 Å². The third-order valence-electron chi connectivity index (χ3n) is 3.60. The first-order valence-electron chi connectivity index (χ1n) is 9.76. The van der Waals surface area contributed by atoms with Gasteiger partial charge in [0.25, 0.3) is 0 Å². The van der Waals surface area contributed by atoms with Crippen LogP contribution in [-0.2, 0) is 0 Å². The molecule has 2 aromatic rings. The maximum atomic E-state index is 9.17. The van der Waals surface area contributed by atoms with Crippen molar-refractivity contribution >= 4 is 11.4 Å². The first-order chi connectivity index (χ1) is 12.7. The summed E-state index contributed by atoms with van der Waals surface area (Å²) < 4.78 is 0. The van der Waals surface area contributed by atoms with Crippen LogP contribution in [0.3, 0.4) is 0 Å². The van der Waals surface area contributed by atoms with E-state index in [-0.39, 0.29) is 0 Å². The monoisotopic (exact) mass is 378 g/mol. The number of aromatic hydroxyl groups is 2. The molecule has 6 N–H and O–H groups in total. The Morgan fingerprint density at radius 3 is 1.00 bits per heavy atom. The fourth-order valence-electron chi connectivity index (χ4n) is 1.65. The predicted molar refractivity (Wildman–Crippen MR) is 123 cm³/mol. The molecule has 0 amide bonds. The van der Waals surface area contributed by atoms with Crippen molar-refractivity contribution in [3.8, 4) is 11.5 Å². The Bertz CT molecular complexity index is 529. The Kier molecular flexibility index (Phi) is 18.6. The maximum absolute atomic E-state index is 9.17. The van der Waals surface area contributed by atoms with Gasteiger partial charge in [-0.25, -0.2) is 0 Å². The van der Waals surface area contributed by atoms with E-state index in [1.165, 1.54) is 6.42 Å². The average molecular weight is 379 g/mol. The molecule has 0 saturated carbocycles. The number of hydrogen-bond donors (Lipinski definition) is 4. The third-order valence-corrected chi connectivity index (χ3v) is 3.60. The van der Waals surface area contributed by atoms with Gasteiger partial charge in [0.1, 0.15) is 11.5 Å². The van der Waals surface area contributed by atoms with E-state index >= 15 is 0 Å². The summed E-state index contributed by atoms with van der Waals surface area (Å²) >= 11 is 0. The molecule has 4 heteroatoms. The van der Waals surface area contributed by atoms with Crippen LogP contribution in [0.2, 0.25) is 0 Å². The number of nitrogen functional groups attached to an aromatic ring is 2. The highest BCUT2D eigenvalue weighted by Gasteiger charge is 2.01. The maximum Gasteiger partial charge on any atom is 0.118 e. The van der Waals surface area contributed by atoms with E-state index in [9.17, 15) is 0 Å². The number of nitrogens with two attached hydrogens (primary N) is 2. The van der Waals surface area contributed by atoms with E-state index in [4.69, 9.17) is 21.7 Å². The molecule has 27 heavy (non-hydrogen) atoms. The van der Waals surface area contributed by atoms with Crippen LogP contribution in [0.1, 0.15) is 70.2 Å². The summed E-state index contributed by atoms with van der Waals surface area (Å²) in [5.74, 6) is 0.624. The average Bonchev–Trinajstić information content (AvgIpc) is 2.69. The van der Waals surface area contributed by atoms with Crippen LogP contribution in [0.4, 0.5) is 11.4 Å². The van der Waals surface area contributed by atoms with Crippen molar-refractivity contribution in [2.45, 2.75) is 75.7 Å². The van der Waals surface area contributed by atoms with E-state index < -0.39 is 0 Å². The van der Waals surface area contributed by atoms with Gasteiger partial charge in [-0.15, -0.1) is 0 Å². The second-order valence-electron chi connectivity index (χ2n) is 5.55. The minimum atomic E-state index is 0.312. The number of anilines is 2. The van der Waals surface area contributed by atoms with Gasteiger partial charge in [-0.1, -0.05) is 48.0 Å². The zero-order chi connectivity index (χ0) is 22.2. The lowest BCUT2D eigenvalue weighted by atomic mass is 10.1. The van der Waals surface area contributed by atoms with Crippen molar-refractivity contribution in [1.29, 1.82) is 0 Å². The molecule has 2 aromatic carbocycles. The van der Waals surface area contributed by atoms with Crippen molar-refractivity contribution in [3.63, 3.8) is 0 Å². The number of phenols is 2. The van der Waals surface area contributed by atoms with Gasteiger partial charge >= 0.3 is 0 Å². The van der Waals surface area contributed by atoms with Crippen LogP contribution in [0.5, 0.6) is 11.5 Å². The van der Waals surface area contributed by atoms with Gasteiger partial charge in [0.05, 0.1) is 0 Å². The van der Waals surface area contributed by atoms with E-state index in [1.54, 1.807) is 24.3 Å². The van der Waals surface area contributed by atoms with E-state index in [1.807, 2.05) is 55.4 Å². The minimum Gasteiger partial charge on any atom is -0.508 e. The lowest BCUT2D eigenvalue weighted by Crippen LogP contribution is -1.91. The van der Waals surface area contributed by atoms with Crippen LogP contribution < -0.4 is 11.5 Å². The summed E-state index contributed by atoms with van der Waals surface area (Å²) in [6, 6.07) is 6.63. The van der Waals surface area contributed by atoms with Crippen molar-refractivity contribution < 1.29 is 10.2 Å². The summed E-state index contributed by atoms with van der Waals surface area (Å²) in [6.45, 7) is 19.7. The van der Waals surface area contributed by atoms with Crippen LogP contribution in [0.25, 0.3) is 0 Å². The summed E-state index contributed by atoms with van der Waals surface area (Å²) in [5.41, 5.74) is 16.3. The number of benzene rings is 2. The SMILES string of the molecule is CC.CC.CCC.Cc1c(N)ccc(O)c1C.Cc1c(N)ccc(O)c1C. The second kappa shape index (κ2) is 17.1. The Hall–Kier alpha value is -2.36. The quantitative estimate of drug-likeness (QED) is 0.305. The molecule has 0 radical (unpaired) electrons. The Morgan fingerprint density at radius 1 is 0.593 bits per heavy atom. The number of hydrogen-bond acceptors (Lipinski definition) is 4. The predicted octanol–water partition coefficient (Wildman–Crippen LogP) is 6.65. The van der Waals surface area contributed by atoms with E-state index in [0.717, 1.165) is 33.6 Å². The molecule has 0 aliphatic carbocycles. The molecule has 2 rings (SSSR count). The Morgan fingerprint density at radius 2 is 0.815 bits per heavy atom. The van der Waals surface area contributed by atoms with Gasteiger partial charge in [-0.05, 0) is 74.2 Å². The molecule has 0 heterocycles. The molecule has 0 aliphatic rings. The largest absolute Gasteiger partial charge is 0.508 e. The number of rotatable bonds is 0. The highest BCUT2D eigenvalue weighted by Crippen LogP contribution is 2.24. The Balaban J connectivity index is -0.000000322. The number of phenolic OH excluding ortho intramolecular Hbond substituents is 2. The van der Waals surface area contributed by atoms with Crippen molar-refractivity contribution in [1.82, 2.24) is 0 Å². The first-order valence-corrected chi connectivity index (χ1v) is 9.76. The van der Waals surface area contributed by atoms with Crippen LogP contribution in [0, 0.1) is 27.7 Å². The van der Waals surface area contributed by atoms with Crippen LogP contribution in [0.15, 0.2) is 24.3 Å². The fraction of sp³-hybridized carbons (Fsp3) is 0.478. The van der Waals surface area contributed by atoms with E-state index in [2.05, 4.69) is 13.8 Å². The molecule has 0 fully saturated rings.